The number of likely N-dealkylation sites (tertiary alicyclic amines) is 1. The number of carbonyl (C=O) groups excluding carboxylic acids is 2. The quantitative estimate of drug-likeness (QED) is 0.798. The molecule has 1 aromatic heterocycles. The zero-order valence-corrected chi connectivity index (χ0v) is 18.0. The van der Waals surface area contributed by atoms with Gasteiger partial charge in [-0.2, -0.15) is 0 Å². The highest BCUT2D eigenvalue weighted by molar-refractivity contribution is 7.13. The fourth-order valence-electron chi connectivity index (χ4n) is 3.24. The SMILES string of the molecule is Cc1ncsc1-c1ccc(CNC(=O)[C@@H]2C[C@H](O)CN2C(=O)OC(C)(C)C)cc1. The Morgan fingerprint density at radius 3 is 2.59 bits per heavy atom. The zero-order valence-electron chi connectivity index (χ0n) is 17.1. The molecular formula is C21H27N3O4S. The Labute approximate surface area is 174 Å². The first-order chi connectivity index (χ1) is 13.6. The van der Waals surface area contributed by atoms with E-state index in [1.165, 1.54) is 4.90 Å². The molecule has 3 rings (SSSR count). The molecule has 7 nitrogen and oxygen atoms in total. The second kappa shape index (κ2) is 8.51. The first-order valence-electron chi connectivity index (χ1n) is 9.59. The molecule has 1 aromatic carbocycles. The van der Waals surface area contributed by atoms with Crippen molar-refractivity contribution in [3.63, 3.8) is 0 Å². The van der Waals surface area contributed by atoms with E-state index < -0.39 is 23.8 Å². The topological polar surface area (TPSA) is 91.8 Å². The lowest BCUT2D eigenvalue weighted by Gasteiger charge is -2.27. The molecule has 2 N–H and O–H groups in total. The molecular weight excluding hydrogens is 390 g/mol. The molecule has 0 radical (unpaired) electrons. The number of hydrogen-bond acceptors (Lipinski definition) is 6. The number of aromatic nitrogens is 1. The molecule has 2 amide bonds. The number of rotatable bonds is 4. The minimum absolute atomic E-state index is 0.0932. The van der Waals surface area contributed by atoms with Crippen molar-refractivity contribution in [3.05, 3.63) is 41.0 Å². The first-order valence-corrected chi connectivity index (χ1v) is 10.5. The number of aryl methyl sites for hydroxylation is 1. The van der Waals surface area contributed by atoms with Crippen molar-refractivity contribution < 1.29 is 19.4 Å². The van der Waals surface area contributed by atoms with Gasteiger partial charge in [-0.15, -0.1) is 11.3 Å². The molecule has 0 aliphatic carbocycles. The lowest BCUT2D eigenvalue weighted by Crippen LogP contribution is -2.47. The van der Waals surface area contributed by atoms with E-state index in [0.717, 1.165) is 21.7 Å². The molecule has 156 valence electrons. The molecule has 1 fully saturated rings. The molecule has 29 heavy (non-hydrogen) atoms. The second-order valence-electron chi connectivity index (χ2n) is 8.22. The van der Waals surface area contributed by atoms with Crippen LogP contribution in [0.4, 0.5) is 4.79 Å². The van der Waals surface area contributed by atoms with Gasteiger partial charge < -0.3 is 15.2 Å². The Bertz CT molecular complexity index is 873. The molecule has 8 heteroatoms. The molecule has 0 saturated carbocycles. The molecule has 2 atom stereocenters. The fraction of sp³-hybridized carbons (Fsp3) is 0.476. The summed E-state index contributed by atoms with van der Waals surface area (Å²) in [6.07, 6.45) is -1.12. The summed E-state index contributed by atoms with van der Waals surface area (Å²) in [5.41, 5.74) is 4.20. The number of β-amino-alcohol motifs (C(OH)–C–C–N with tert-alkyl or cyclic N) is 1. The molecule has 0 bridgehead atoms. The van der Waals surface area contributed by atoms with Gasteiger partial charge in [-0.05, 0) is 38.8 Å². The van der Waals surface area contributed by atoms with E-state index in [1.807, 2.05) is 36.7 Å². The average molecular weight is 418 g/mol. The standard InChI is InChI=1S/C21H27N3O4S/c1-13-18(29-12-23-13)15-7-5-14(6-8-15)10-22-19(26)17-9-16(25)11-24(17)20(27)28-21(2,3)4/h5-8,12,16-17,25H,9-11H2,1-4H3,(H,22,26)/t16-,17-/m0/s1. The summed E-state index contributed by atoms with van der Waals surface area (Å²) in [6, 6.07) is 7.20. The van der Waals surface area contributed by atoms with Crippen LogP contribution in [-0.4, -0.2) is 51.3 Å². The summed E-state index contributed by atoms with van der Waals surface area (Å²) < 4.78 is 5.36. The van der Waals surface area contributed by atoms with Crippen molar-refractivity contribution in [2.45, 2.75) is 58.4 Å². The number of aliphatic hydroxyl groups excluding tert-OH is 1. The maximum Gasteiger partial charge on any atom is 0.411 e. The van der Waals surface area contributed by atoms with Crippen molar-refractivity contribution in [2.75, 3.05) is 6.54 Å². The third kappa shape index (κ3) is 5.33. The number of aliphatic hydroxyl groups is 1. The largest absolute Gasteiger partial charge is 0.444 e. The van der Waals surface area contributed by atoms with Crippen LogP contribution in [0.1, 0.15) is 38.4 Å². The van der Waals surface area contributed by atoms with Gasteiger partial charge in [0.2, 0.25) is 5.91 Å². The van der Waals surface area contributed by atoms with E-state index in [2.05, 4.69) is 10.3 Å². The van der Waals surface area contributed by atoms with Crippen LogP contribution >= 0.6 is 11.3 Å². The van der Waals surface area contributed by atoms with Crippen LogP contribution < -0.4 is 5.32 Å². The number of carbonyl (C=O) groups is 2. The highest BCUT2D eigenvalue weighted by Gasteiger charge is 2.40. The second-order valence-corrected chi connectivity index (χ2v) is 9.07. The van der Waals surface area contributed by atoms with Gasteiger partial charge in [-0.1, -0.05) is 24.3 Å². The van der Waals surface area contributed by atoms with Crippen molar-refractivity contribution in [1.82, 2.24) is 15.2 Å². The summed E-state index contributed by atoms with van der Waals surface area (Å²) in [6.45, 7) is 7.72. The van der Waals surface area contributed by atoms with Crippen molar-refractivity contribution in [3.8, 4) is 10.4 Å². The molecule has 2 aromatic rings. The number of hydrogen-bond donors (Lipinski definition) is 2. The zero-order chi connectivity index (χ0) is 21.2. The lowest BCUT2D eigenvalue weighted by molar-refractivity contribution is -0.125. The predicted molar refractivity (Wildman–Crippen MR) is 111 cm³/mol. The summed E-state index contributed by atoms with van der Waals surface area (Å²) in [7, 11) is 0. The van der Waals surface area contributed by atoms with Crippen LogP contribution in [0.3, 0.4) is 0 Å². The Kier molecular flexibility index (Phi) is 6.24. The molecule has 0 spiro atoms. The van der Waals surface area contributed by atoms with Crippen LogP contribution in [0.15, 0.2) is 29.8 Å². The normalized spacial score (nSPS) is 19.3. The summed E-state index contributed by atoms with van der Waals surface area (Å²) in [5.74, 6) is -0.296. The number of amides is 2. The van der Waals surface area contributed by atoms with Gasteiger partial charge >= 0.3 is 6.09 Å². The maximum absolute atomic E-state index is 12.7. The number of ether oxygens (including phenoxy) is 1. The van der Waals surface area contributed by atoms with Gasteiger partial charge in [0.05, 0.1) is 28.7 Å². The predicted octanol–water partition coefficient (Wildman–Crippen LogP) is 3.11. The van der Waals surface area contributed by atoms with E-state index >= 15 is 0 Å². The van der Waals surface area contributed by atoms with Crippen molar-refractivity contribution in [2.24, 2.45) is 0 Å². The van der Waals surface area contributed by atoms with Gasteiger partial charge in [0.1, 0.15) is 11.6 Å². The fourth-order valence-corrected chi connectivity index (χ4v) is 4.06. The van der Waals surface area contributed by atoms with Gasteiger partial charge in [0, 0.05) is 13.0 Å². The van der Waals surface area contributed by atoms with E-state index in [1.54, 1.807) is 32.1 Å². The van der Waals surface area contributed by atoms with E-state index in [0.29, 0.717) is 6.54 Å². The van der Waals surface area contributed by atoms with Gasteiger partial charge in [0.25, 0.3) is 0 Å². The van der Waals surface area contributed by atoms with Crippen LogP contribution in [0, 0.1) is 6.92 Å². The number of nitrogens with one attached hydrogen (secondary N) is 1. The summed E-state index contributed by atoms with van der Waals surface area (Å²) >= 11 is 1.60. The Morgan fingerprint density at radius 2 is 2.00 bits per heavy atom. The number of nitrogens with zero attached hydrogens (tertiary/aromatic N) is 2. The summed E-state index contributed by atoms with van der Waals surface area (Å²) in [4.78, 5) is 31.8. The first kappa shape index (κ1) is 21.3. The third-order valence-electron chi connectivity index (χ3n) is 4.64. The van der Waals surface area contributed by atoms with Crippen LogP contribution in [0.2, 0.25) is 0 Å². The molecule has 1 saturated heterocycles. The molecule has 2 heterocycles. The van der Waals surface area contributed by atoms with Crippen molar-refractivity contribution in [1.29, 1.82) is 0 Å². The third-order valence-corrected chi connectivity index (χ3v) is 5.62. The number of benzene rings is 1. The maximum atomic E-state index is 12.7. The Morgan fingerprint density at radius 1 is 1.31 bits per heavy atom. The lowest BCUT2D eigenvalue weighted by atomic mass is 10.1. The molecule has 1 aliphatic heterocycles. The Hall–Kier alpha value is -2.45. The van der Waals surface area contributed by atoms with E-state index in [4.69, 9.17) is 4.74 Å². The van der Waals surface area contributed by atoms with E-state index in [-0.39, 0.29) is 18.9 Å². The van der Waals surface area contributed by atoms with Gasteiger partial charge in [-0.25, -0.2) is 9.78 Å². The smallest absolute Gasteiger partial charge is 0.411 e. The van der Waals surface area contributed by atoms with E-state index in [9.17, 15) is 14.7 Å². The monoisotopic (exact) mass is 417 g/mol. The van der Waals surface area contributed by atoms with Crippen LogP contribution in [-0.2, 0) is 16.1 Å². The van der Waals surface area contributed by atoms with Gasteiger partial charge in [-0.3, -0.25) is 9.69 Å². The van der Waals surface area contributed by atoms with Crippen LogP contribution in [0.25, 0.3) is 10.4 Å². The number of thiazole rings is 1. The molecule has 0 unspecified atom stereocenters. The van der Waals surface area contributed by atoms with Crippen LogP contribution in [0.5, 0.6) is 0 Å². The minimum atomic E-state index is -0.737. The Balaban J connectivity index is 1.60. The minimum Gasteiger partial charge on any atom is -0.444 e. The average Bonchev–Trinajstić information content (AvgIpc) is 3.24. The highest BCUT2D eigenvalue weighted by Crippen LogP contribution is 2.27. The molecule has 1 aliphatic rings. The van der Waals surface area contributed by atoms with Crippen molar-refractivity contribution >= 4 is 23.3 Å². The summed E-state index contributed by atoms with van der Waals surface area (Å²) in [5, 5.41) is 12.8. The van der Waals surface area contributed by atoms with Gasteiger partial charge in [0.15, 0.2) is 0 Å². The highest BCUT2D eigenvalue weighted by atomic mass is 32.1.